The van der Waals surface area contributed by atoms with Gasteiger partial charge in [0.1, 0.15) is 5.82 Å². The lowest BCUT2D eigenvalue weighted by Gasteiger charge is -2.21. The second-order valence-corrected chi connectivity index (χ2v) is 5.22. The second-order valence-electron chi connectivity index (χ2n) is 5.22. The summed E-state index contributed by atoms with van der Waals surface area (Å²) in [4.78, 5) is 4.65. The minimum absolute atomic E-state index is 0.453. The Hall–Kier alpha value is -2.07. The lowest BCUT2D eigenvalue weighted by molar-refractivity contribution is 0.0541. The Morgan fingerprint density at radius 3 is 2.80 bits per heavy atom. The van der Waals surface area contributed by atoms with Crippen LogP contribution < -0.4 is 0 Å². The van der Waals surface area contributed by atoms with E-state index in [4.69, 9.17) is 4.42 Å². The number of hydrogen-bond donors (Lipinski definition) is 1. The normalized spacial score (nSPS) is 14.6. The molecule has 20 heavy (non-hydrogen) atoms. The van der Waals surface area contributed by atoms with Crippen molar-refractivity contribution >= 4 is 11.0 Å². The van der Waals surface area contributed by atoms with Crippen LogP contribution >= 0.6 is 0 Å². The summed E-state index contributed by atoms with van der Waals surface area (Å²) in [5.74, 6) is 0.889. The third kappa shape index (κ3) is 2.12. The molecule has 0 aliphatic rings. The van der Waals surface area contributed by atoms with Crippen molar-refractivity contribution in [3.05, 3.63) is 54.2 Å². The maximum absolute atomic E-state index is 10.7. The van der Waals surface area contributed by atoms with Crippen LogP contribution in [-0.2, 0) is 18.6 Å². The van der Waals surface area contributed by atoms with Crippen molar-refractivity contribution in [2.75, 3.05) is 0 Å². The van der Waals surface area contributed by atoms with Crippen LogP contribution in [-0.4, -0.2) is 14.7 Å². The van der Waals surface area contributed by atoms with Gasteiger partial charge in [0.25, 0.3) is 0 Å². The molecule has 1 atom stereocenters. The number of nitrogens with zero attached hydrogens (tertiary/aromatic N) is 2. The van der Waals surface area contributed by atoms with E-state index < -0.39 is 5.60 Å². The van der Waals surface area contributed by atoms with E-state index >= 15 is 0 Å². The molecule has 3 rings (SSSR count). The molecular weight excluding hydrogens is 252 g/mol. The van der Waals surface area contributed by atoms with Crippen LogP contribution in [0, 0.1) is 0 Å². The minimum Gasteiger partial charge on any atom is -0.472 e. The monoisotopic (exact) mass is 270 g/mol. The Labute approximate surface area is 117 Å². The Bertz CT molecular complexity index is 711. The average molecular weight is 270 g/mol. The first-order chi connectivity index (χ1) is 9.62. The van der Waals surface area contributed by atoms with Crippen LogP contribution in [0.15, 0.2) is 47.3 Å². The molecule has 3 aromatic rings. The molecule has 0 saturated heterocycles. The van der Waals surface area contributed by atoms with Crippen LogP contribution in [0.5, 0.6) is 0 Å². The maximum Gasteiger partial charge on any atom is 0.113 e. The van der Waals surface area contributed by atoms with Gasteiger partial charge in [-0.2, -0.15) is 0 Å². The summed E-state index contributed by atoms with van der Waals surface area (Å²) >= 11 is 0. The van der Waals surface area contributed by atoms with Crippen LogP contribution in [0.2, 0.25) is 0 Å². The molecule has 0 aliphatic carbocycles. The first-order valence-electron chi connectivity index (χ1n) is 6.81. The van der Waals surface area contributed by atoms with E-state index in [-0.39, 0.29) is 0 Å². The van der Waals surface area contributed by atoms with Crippen molar-refractivity contribution in [1.82, 2.24) is 9.55 Å². The highest BCUT2D eigenvalue weighted by atomic mass is 16.3. The fraction of sp³-hybridized carbons (Fsp3) is 0.312. The summed E-state index contributed by atoms with van der Waals surface area (Å²) in [6.07, 6.45) is 3.61. The molecule has 4 nitrogen and oxygen atoms in total. The van der Waals surface area contributed by atoms with E-state index in [0.717, 1.165) is 29.0 Å². The van der Waals surface area contributed by atoms with Gasteiger partial charge >= 0.3 is 0 Å². The Balaban J connectivity index is 2.02. The van der Waals surface area contributed by atoms with E-state index in [2.05, 4.69) is 22.5 Å². The Morgan fingerprint density at radius 2 is 2.10 bits per heavy atom. The number of benzene rings is 1. The second kappa shape index (κ2) is 4.80. The van der Waals surface area contributed by atoms with Gasteiger partial charge in [0.05, 0.1) is 29.2 Å². The van der Waals surface area contributed by atoms with Gasteiger partial charge in [-0.05, 0) is 32.0 Å². The molecule has 0 amide bonds. The number of rotatable bonds is 4. The van der Waals surface area contributed by atoms with Gasteiger partial charge in [0, 0.05) is 18.5 Å². The molecule has 1 N–H and O–H groups in total. The average Bonchev–Trinajstić information content (AvgIpc) is 3.05. The fourth-order valence-corrected chi connectivity index (χ4v) is 2.59. The van der Waals surface area contributed by atoms with Gasteiger partial charge in [-0.25, -0.2) is 4.98 Å². The number of fused-ring (bicyclic) bond motifs is 1. The molecule has 0 saturated carbocycles. The highest BCUT2D eigenvalue weighted by Crippen LogP contribution is 2.27. The van der Waals surface area contributed by atoms with Crippen molar-refractivity contribution in [3.8, 4) is 0 Å². The summed E-state index contributed by atoms with van der Waals surface area (Å²) < 4.78 is 7.21. The quantitative estimate of drug-likeness (QED) is 0.792. The number of aromatic nitrogens is 2. The van der Waals surface area contributed by atoms with E-state index in [1.807, 2.05) is 18.2 Å². The van der Waals surface area contributed by atoms with Gasteiger partial charge in [0.2, 0.25) is 0 Å². The number of imidazole rings is 1. The summed E-state index contributed by atoms with van der Waals surface area (Å²) in [6.45, 7) is 4.71. The zero-order valence-electron chi connectivity index (χ0n) is 11.7. The zero-order valence-corrected chi connectivity index (χ0v) is 11.7. The Kier molecular flexibility index (Phi) is 3.10. The standard InChI is InChI=1S/C16H18N2O2/c1-3-18-14-7-5-4-6-13(14)17-15(18)10-16(2,19)12-8-9-20-11-12/h4-9,11,19H,3,10H2,1-2H3. The molecule has 1 aromatic carbocycles. The van der Waals surface area contributed by atoms with Gasteiger partial charge in [0.15, 0.2) is 0 Å². The zero-order chi connectivity index (χ0) is 14.2. The topological polar surface area (TPSA) is 51.2 Å². The predicted molar refractivity (Wildman–Crippen MR) is 77.4 cm³/mol. The summed E-state index contributed by atoms with van der Waals surface area (Å²) in [7, 11) is 0. The molecule has 0 spiro atoms. The van der Waals surface area contributed by atoms with Crippen LogP contribution in [0.1, 0.15) is 25.2 Å². The molecule has 2 heterocycles. The smallest absolute Gasteiger partial charge is 0.113 e. The Morgan fingerprint density at radius 1 is 1.30 bits per heavy atom. The molecule has 0 aliphatic heterocycles. The summed E-state index contributed by atoms with van der Waals surface area (Å²) in [5, 5.41) is 10.7. The molecule has 4 heteroatoms. The molecule has 1 unspecified atom stereocenters. The highest BCUT2D eigenvalue weighted by molar-refractivity contribution is 5.75. The number of aliphatic hydroxyl groups is 1. The molecule has 0 bridgehead atoms. The van der Waals surface area contributed by atoms with Gasteiger partial charge < -0.3 is 14.1 Å². The first kappa shape index (κ1) is 12.9. The van der Waals surface area contributed by atoms with Gasteiger partial charge in [-0.1, -0.05) is 12.1 Å². The van der Waals surface area contributed by atoms with Gasteiger partial charge in [-0.15, -0.1) is 0 Å². The molecule has 2 aromatic heterocycles. The van der Waals surface area contributed by atoms with Crippen molar-refractivity contribution in [3.63, 3.8) is 0 Å². The SMILES string of the molecule is CCn1c(CC(C)(O)c2ccoc2)nc2ccccc21. The largest absolute Gasteiger partial charge is 0.472 e. The van der Waals surface area contributed by atoms with E-state index in [1.165, 1.54) is 0 Å². The van der Waals surface area contributed by atoms with E-state index in [0.29, 0.717) is 6.42 Å². The summed E-state index contributed by atoms with van der Waals surface area (Å²) in [5.41, 5.74) is 1.86. The fourth-order valence-electron chi connectivity index (χ4n) is 2.59. The minimum atomic E-state index is -0.985. The van der Waals surface area contributed by atoms with Crippen molar-refractivity contribution in [2.45, 2.75) is 32.4 Å². The van der Waals surface area contributed by atoms with E-state index in [9.17, 15) is 5.11 Å². The maximum atomic E-state index is 10.7. The highest BCUT2D eigenvalue weighted by Gasteiger charge is 2.27. The molecule has 0 radical (unpaired) electrons. The van der Waals surface area contributed by atoms with Crippen LogP contribution in [0.25, 0.3) is 11.0 Å². The number of furan rings is 1. The lowest BCUT2D eigenvalue weighted by Crippen LogP contribution is -2.25. The third-order valence-electron chi connectivity index (χ3n) is 3.70. The number of para-hydroxylation sites is 2. The van der Waals surface area contributed by atoms with Crippen LogP contribution in [0.3, 0.4) is 0 Å². The predicted octanol–water partition coefficient (Wildman–Crippen LogP) is 3.10. The van der Waals surface area contributed by atoms with E-state index in [1.54, 1.807) is 25.5 Å². The molecular formula is C16H18N2O2. The van der Waals surface area contributed by atoms with Crippen LogP contribution in [0.4, 0.5) is 0 Å². The van der Waals surface area contributed by atoms with Crippen molar-refractivity contribution in [2.24, 2.45) is 0 Å². The number of aryl methyl sites for hydroxylation is 1. The lowest BCUT2D eigenvalue weighted by atomic mass is 9.95. The third-order valence-corrected chi connectivity index (χ3v) is 3.70. The van der Waals surface area contributed by atoms with Gasteiger partial charge in [-0.3, -0.25) is 0 Å². The number of hydrogen-bond acceptors (Lipinski definition) is 3. The molecule has 0 fully saturated rings. The van der Waals surface area contributed by atoms with Crippen molar-refractivity contribution < 1.29 is 9.52 Å². The summed E-state index contributed by atoms with van der Waals surface area (Å²) in [6, 6.07) is 9.83. The first-order valence-corrected chi connectivity index (χ1v) is 6.81. The van der Waals surface area contributed by atoms with Crippen molar-refractivity contribution in [1.29, 1.82) is 0 Å². The molecule has 104 valence electrons.